The van der Waals surface area contributed by atoms with E-state index in [0.717, 1.165) is 36.3 Å². The van der Waals surface area contributed by atoms with E-state index in [0.29, 0.717) is 24.8 Å². The molecule has 1 atom stereocenters. The smallest absolute Gasteiger partial charge is 0.319 e. The zero-order valence-electron chi connectivity index (χ0n) is 15.2. The molecule has 6 heteroatoms. The van der Waals surface area contributed by atoms with Crippen LogP contribution in [-0.4, -0.2) is 25.3 Å². The summed E-state index contributed by atoms with van der Waals surface area (Å²) in [6.07, 6.45) is 3.62. The first-order valence-corrected chi connectivity index (χ1v) is 9.64. The van der Waals surface area contributed by atoms with E-state index in [4.69, 9.17) is 21.1 Å². The monoisotopic (exact) mass is 388 g/mol. The predicted molar refractivity (Wildman–Crippen MR) is 107 cm³/mol. The number of hydrogen-bond acceptors (Lipinski definition) is 3. The van der Waals surface area contributed by atoms with E-state index in [1.165, 1.54) is 6.42 Å². The Morgan fingerprint density at radius 1 is 1.15 bits per heavy atom. The molecule has 1 fully saturated rings. The standard InChI is InChI=1S/C21H25ClN2O3/c22-18-9-7-16(8-10-18)13-23-21(25)24-19-5-3-4-17(12-19)14-26-15-20-6-1-2-11-27-20/h3-5,7-10,12,20H,1-2,6,11,13-15H2,(H2,23,24,25). The molecule has 1 heterocycles. The normalized spacial score (nSPS) is 16.7. The molecule has 1 unspecified atom stereocenters. The van der Waals surface area contributed by atoms with Crippen LogP contribution in [0, 0.1) is 0 Å². The Labute approximate surface area is 165 Å². The van der Waals surface area contributed by atoms with Crippen molar-refractivity contribution in [1.29, 1.82) is 0 Å². The molecule has 2 N–H and O–H groups in total. The molecule has 1 aliphatic rings. The Morgan fingerprint density at radius 2 is 2.00 bits per heavy atom. The molecular formula is C21H25ClN2O3. The molecule has 1 saturated heterocycles. The molecule has 0 aliphatic carbocycles. The van der Waals surface area contributed by atoms with Gasteiger partial charge in [-0.2, -0.15) is 0 Å². The molecule has 3 rings (SSSR count). The highest BCUT2D eigenvalue weighted by atomic mass is 35.5. The van der Waals surface area contributed by atoms with E-state index in [1.807, 2.05) is 36.4 Å². The zero-order valence-corrected chi connectivity index (χ0v) is 16.0. The molecule has 0 saturated carbocycles. The summed E-state index contributed by atoms with van der Waals surface area (Å²) in [5, 5.41) is 6.36. The van der Waals surface area contributed by atoms with Gasteiger partial charge in [0.2, 0.25) is 0 Å². The van der Waals surface area contributed by atoms with Crippen molar-refractivity contribution in [2.75, 3.05) is 18.5 Å². The van der Waals surface area contributed by atoms with Crippen LogP contribution in [0.5, 0.6) is 0 Å². The van der Waals surface area contributed by atoms with E-state index < -0.39 is 0 Å². The van der Waals surface area contributed by atoms with Gasteiger partial charge < -0.3 is 20.1 Å². The van der Waals surface area contributed by atoms with Crippen LogP contribution < -0.4 is 10.6 Å². The number of amides is 2. The van der Waals surface area contributed by atoms with Crippen molar-refractivity contribution in [2.24, 2.45) is 0 Å². The topological polar surface area (TPSA) is 59.6 Å². The Morgan fingerprint density at radius 3 is 2.78 bits per heavy atom. The van der Waals surface area contributed by atoms with E-state index in [1.54, 1.807) is 12.1 Å². The minimum atomic E-state index is -0.251. The lowest BCUT2D eigenvalue weighted by Crippen LogP contribution is -2.28. The van der Waals surface area contributed by atoms with Crippen LogP contribution in [0.4, 0.5) is 10.5 Å². The fourth-order valence-electron chi connectivity index (χ4n) is 2.95. The van der Waals surface area contributed by atoms with Gasteiger partial charge in [0.1, 0.15) is 0 Å². The number of urea groups is 1. The fourth-order valence-corrected chi connectivity index (χ4v) is 3.07. The summed E-state index contributed by atoms with van der Waals surface area (Å²) < 4.78 is 11.4. The molecular weight excluding hydrogens is 364 g/mol. The number of carbonyl (C=O) groups is 1. The predicted octanol–water partition coefficient (Wildman–Crippen LogP) is 4.75. The highest BCUT2D eigenvalue weighted by Crippen LogP contribution is 2.15. The lowest BCUT2D eigenvalue weighted by molar-refractivity contribution is -0.0447. The van der Waals surface area contributed by atoms with Gasteiger partial charge in [0.25, 0.3) is 0 Å². The highest BCUT2D eigenvalue weighted by Gasteiger charge is 2.13. The number of benzene rings is 2. The van der Waals surface area contributed by atoms with Gasteiger partial charge in [0, 0.05) is 23.9 Å². The van der Waals surface area contributed by atoms with Crippen molar-refractivity contribution in [1.82, 2.24) is 5.32 Å². The lowest BCUT2D eigenvalue weighted by Gasteiger charge is -2.22. The van der Waals surface area contributed by atoms with Gasteiger partial charge in [-0.15, -0.1) is 0 Å². The summed E-state index contributed by atoms with van der Waals surface area (Å²) in [6.45, 7) is 2.38. The van der Waals surface area contributed by atoms with Crippen LogP contribution in [0.15, 0.2) is 48.5 Å². The third-order valence-corrected chi connectivity index (χ3v) is 4.65. The summed E-state index contributed by atoms with van der Waals surface area (Å²) in [5.74, 6) is 0. The number of rotatable bonds is 7. The number of carbonyl (C=O) groups excluding carboxylic acids is 1. The van der Waals surface area contributed by atoms with E-state index >= 15 is 0 Å². The summed E-state index contributed by atoms with van der Waals surface area (Å²) in [7, 11) is 0. The molecule has 0 bridgehead atoms. The Balaban J connectivity index is 1.42. The average molecular weight is 389 g/mol. The first-order chi connectivity index (χ1) is 13.2. The van der Waals surface area contributed by atoms with Gasteiger partial charge >= 0.3 is 6.03 Å². The number of anilines is 1. The molecule has 2 amide bonds. The van der Waals surface area contributed by atoms with Gasteiger partial charge in [-0.25, -0.2) is 4.79 Å². The molecule has 0 aromatic heterocycles. The van der Waals surface area contributed by atoms with Gasteiger partial charge in [-0.3, -0.25) is 0 Å². The Kier molecular flexibility index (Phi) is 7.51. The van der Waals surface area contributed by atoms with Crippen LogP contribution in [0.2, 0.25) is 5.02 Å². The van der Waals surface area contributed by atoms with Crippen LogP contribution >= 0.6 is 11.6 Å². The summed E-state index contributed by atoms with van der Waals surface area (Å²) in [5.41, 5.74) is 2.74. The molecule has 2 aromatic rings. The van der Waals surface area contributed by atoms with Crippen molar-refractivity contribution in [3.8, 4) is 0 Å². The zero-order chi connectivity index (χ0) is 18.9. The second kappa shape index (κ2) is 10.3. The summed E-state index contributed by atoms with van der Waals surface area (Å²) >= 11 is 5.86. The van der Waals surface area contributed by atoms with Crippen LogP contribution in [0.25, 0.3) is 0 Å². The van der Waals surface area contributed by atoms with Crippen LogP contribution in [-0.2, 0) is 22.6 Å². The molecule has 2 aromatic carbocycles. The van der Waals surface area contributed by atoms with Gasteiger partial charge in [0.15, 0.2) is 0 Å². The summed E-state index contributed by atoms with van der Waals surface area (Å²) in [6, 6.07) is 14.8. The highest BCUT2D eigenvalue weighted by molar-refractivity contribution is 6.30. The maximum Gasteiger partial charge on any atom is 0.319 e. The Bertz CT molecular complexity index is 730. The van der Waals surface area contributed by atoms with E-state index in [-0.39, 0.29) is 12.1 Å². The molecule has 0 spiro atoms. The lowest BCUT2D eigenvalue weighted by atomic mass is 10.1. The van der Waals surface area contributed by atoms with Crippen molar-refractivity contribution >= 4 is 23.3 Å². The first-order valence-electron chi connectivity index (χ1n) is 9.26. The minimum absolute atomic E-state index is 0.207. The average Bonchev–Trinajstić information content (AvgIpc) is 2.69. The van der Waals surface area contributed by atoms with Crippen molar-refractivity contribution in [3.63, 3.8) is 0 Å². The maximum atomic E-state index is 12.1. The Hall–Kier alpha value is -2.08. The summed E-state index contributed by atoms with van der Waals surface area (Å²) in [4.78, 5) is 12.1. The number of hydrogen-bond donors (Lipinski definition) is 2. The quantitative estimate of drug-likeness (QED) is 0.719. The van der Waals surface area contributed by atoms with E-state index in [2.05, 4.69) is 10.6 Å². The van der Waals surface area contributed by atoms with Gasteiger partial charge in [-0.1, -0.05) is 35.9 Å². The second-order valence-corrected chi connectivity index (χ2v) is 7.07. The largest absolute Gasteiger partial charge is 0.376 e. The maximum absolute atomic E-state index is 12.1. The van der Waals surface area contributed by atoms with Crippen LogP contribution in [0.3, 0.4) is 0 Å². The fraction of sp³-hybridized carbons (Fsp3) is 0.381. The van der Waals surface area contributed by atoms with Crippen molar-refractivity contribution in [3.05, 3.63) is 64.7 Å². The number of nitrogens with one attached hydrogen (secondary N) is 2. The molecule has 5 nitrogen and oxygen atoms in total. The third-order valence-electron chi connectivity index (χ3n) is 4.40. The number of halogens is 1. The molecule has 1 aliphatic heterocycles. The van der Waals surface area contributed by atoms with Gasteiger partial charge in [-0.05, 0) is 54.7 Å². The van der Waals surface area contributed by atoms with Crippen LogP contribution in [0.1, 0.15) is 30.4 Å². The molecule has 0 radical (unpaired) electrons. The minimum Gasteiger partial charge on any atom is -0.376 e. The SMILES string of the molecule is O=C(NCc1ccc(Cl)cc1)Nc1cccc(COCC2CCCCO2)c1. The molecule has 144 valence electrons. The van der Waals surface area contributed by atoms with Crippen molar-refractivity contribution in [2.45, 2.75) is 38.5 Å². The second-order valence-electron chi connectivity index (χ2n) is 6.64. The third kappa shape index (κ3) is 6.86. The number of ether oxygens (including phenoxy) is 2. The van der Waals surface area contributed by atoms with E-state index in [9.17, 15) is 4.79 Å². The van der Waals surface area contributed by atoms with Gasteiger partial charge in [0.05, 0.1) is 19.3 Å². The molecule has 27 heavy (non-hydrogen) atoms. The first kappa shape index (κ1) is 19.7. The van der Waals surface area contributed by atoms with Crippen molar-refractivity contribution < 1.29 is 14.3 Å².